The number of fused-ring (bicyclic) bond motifs is 1. The van der Waals surface area contributed by atoms with Crippen LogP contribution in [-0.4, -0.2) is 34.0 Å². The predicted octanol–water partition coefficient (Wildman–Crippen LogP) is 4.85. The minimum atomic E-state index is -0.109. The monoisotopic (exact) mass is 447 g/mol. The average molecular weight is 448 g/mol. The minimum absolute atomic E-state index is 0.00464. The summed E-state index contributed by atoms with van der Waals surface area (Å²) in [5.74, 6) is 2.23. The highest BCUT2D eigenvalue weighted by Crippen LogP contribution is 2.33. The molecule has 0 N–H and O–H groups in total. The van der Waals surface area contributed by atoms with Crippen LogP contribution in [0.4, 0.5) is 5.95 Å². The Morgan fingerprint density at radius 3 is 2.56 bits per heavy atom. The number of carbonyl (C=O) groups is 2. The molecular weight excluding hydrogens is 418 g/mol. The highest BCUT2D eigenvalue weighted by atomic mass is 32.2. The molecule has 0 bridgehead atoms. The van der Waals surface area contributed by atoms with Crippen LogP contribution in [0.1, 0.15) is 55.3 Å². The molecule has 2 fully saturated rings. The molecule has 32 heavy (non-hydrogen) atoms. The van der Waals surface area contributed by atoms with Crippen LogP contribution < -0.4 is 4.90 Å². The summed E-state index contributed by atoms with van der Waals surface area (Å²) in [4.78, 5) is 35.2. The molecule has 2 aromatic rings. The number of hydrogen-bond donors (Lipinski definition) is 0. The van der Waals surface area contributed by atoms with Gasteiger partial charge in [-0.25, -0.2) is 9.97 Å². The maximum absolute atomic E-state index is 11.9. The first-order valence-corrected chi connectivity index (χ1v) is 12.6. The van der Waals surface area contributed by atoms with E-state index in [1.54, 1.807) is 29.5 Å². The molecule has 3 aliphatic rings. The number of rotatable bonds is 5. The van der Waals surface area contributed by atoms with Crippen LogP contribution in [0.2, 0.25) is 0 Å². The van der Waals surface area contributed by atoms with Gasteiger partial charge in [-0.3, -0.25) is 9.59 Å². The second-order valence-electron chi connectivity index (χ2n) is 9.25. The summed E-state index contributed by atoms with van der Waals surface area (Å²) in [6.45, 7) is 1.95. The van der Waals surface area contributed by atoms with Gasteiger partial charge in [-0.1, -0.05) is 30.7 Å². The van der Waals surface area contributed by atoms with Gasteiger partial charge in [0.2, 0.25) is 11.1 Å². The van der Waals surface area contributed by atoms with Gasteiger partial charge in [0, 0.05) is 19.3 Å². The third kappa shape index (κ3) is 4.96. The second-order valence-corrected chi connectivity index (χ2v) is 10.3. The Kier molecular flexibility index (Phi) is 6.39. The van der Waals surface area contributed by atoms with E-state index in [1.807, 2.05) is 0 Å². The van der Waals surface area contributed by atoms with Crippen LogP contribution in [0, 0.1) is 11.8 Å². The average Bonchev–Trinajstić information content (AvgIpc) is 3.14. The Morgan fingerprint density at radius 2 is 1.78 bits per heavy atom. The maximum atomic E-state index is 11.9. The number of aryl methyl sites for hydroxylation is 1. The Hall–Kier alpha value is -2.47. The van der Waals surface area contributed by atoms with Crippen LogP contribution in [-0.2, 0) is 22.4 Å². The van der Waals surface area contributed by atoms with Gasteiger partial charge in [0.25, 0.3) is 0 Å². The predicted molar refractivity (Wildman–Crippen MR) is 128 cm³/mol. The van der Waals surface area contributed by atoms with Crippen molar-refractivity contribution in [1.29, 1.82) is 0 Å². The highest BCUT2D eigenvalue weighted by molar-refractivity contribution is 8.18. The van der Waals surface area contributed by atoms with Crippen LogP contribution in [0.5, 0.6) is 0 Å². The quantitative estimate of drug-likeness (QED) is 0.482. The summed E-state index contributed by atoms with van der Waals surface area (Å²) < 4.78 is 0. The zero-order chi connectivity index (χ0) is 21.9. The summed E-state index contributed by atoms with van der Waals surface area (Å²) in [7, 11) is 0. The fourth-order valence-corrected chi connectivity index (χ4v) is 6.00. The number of ketones is 1. The molecule has 0 spiro atoms. The van der Waals surface area contributed by atoms with E-state index >= 15 is 0 Å². The largest absolute Gasteiger partial charge is 0.341 e. The van der Waals surface area contributed by atoms with Crippen molar-refractivity contribution in [1.82, 2.24) is 9.97 Å². The van der Waals surface area contributed by atoms with Gasteiger partial charge in [-0.15, -0.1) is 0 Å². The SMILES string of the molecule is O=C1CC(=O)/C(=C/c2ccnc(N3CCC(CCC4CCc5ccccc5C4)CC3)n2)S1. The Labute approximate surface area is 193 Å². The smallest absolute Gasteiger partial charge is 0.225 e. The van der Waals surface area contributed by atoms with E-state index in [0.29, 0.717) is 10.6 Å². The molecule has 1 aliphatic carbocycles. The Morgan fingerprint density at radius 1 is 1.00 bits per heavy atom. The summed E-state index contributed by atoms with van der Waals surface area (Å²) in [6, 6.07) is 10.7. The van der Waals surface area contributed by atoms with Gasteiger partial charge in [0.05, 0.1) is 17.0 Å². The molecule has 1 aromatic heterocycles. The van der Waals surface area contributed by atoms with E-state index in [-0.39, 0.29) is 17.3 Å². The first-order valence-electron chi connectivity index (χ1n) is 11.7. The molecule has 0 amide bonds. The lowest BCUT2D eigenvalue weighted by Crippen LogP contribution is -2.35. The molecule has 5 rings (SSSR count). The van der Waals surface area contributed by atoms with Gasteiger partial charge < -0.3 is 4.90 Å². The molecule has 2 saturated heterocycles. The molecule has 6 heteroatoms. The molecular formula is C26H29N3O2S. The third-order valence-electron chi connectivity index (χ3n) is 7.08. The topological polar surface area (TPSA) is 63.2 Å². The van der Waals surface area contributed by atoms with Crippen LogP contribution in [0.3, 0.4) is 0 Å². The number of benzene rings is 1. The number of allylic oxidation sites excluding steroid dienone is 1. The van der Waals surface area contributed by atoms with Crippen LogP contribution in [0.15, 0.2) is 41.4 Å². The van der Waals surface area contributed by atoms with E-state index < -0.39 is 0 Å². The zero-order valence-corrected chi connectivity index (χ0v) is 19.2. The zero-order valence-electron chi connectivity index (χ0n) is 18.3. The molecule has 1 unspecified atom stereocenters. The fraction of sp³-hybridized carbons (Fsp3) is 0.462. The van der Waals surface area contributed by atoms with Crippen molar-refractivity contribution >= 4 is 34.7 Å². The highest BCUT2D eigenvalue weighted by Gasteiger charge is 2.27. The van der Waals surface area contributed by atoms with E-state index in [1.165, 1.54) is 44.9 Å². The molecule has 0 saturated carbocycles. The van der Waals surface area contributed by atoms with E-state index in [0.717, 1.165) is 42.6 Å². The standard InChI is InChI=1S/C26H29N3O2S/c30-23-17-25(31)32-24(23)16-22-9-12-27-26(28-22)29-13-10-18(11-14-29)5-6-19-7-8-20-3-1-2-4-21(20)15-19/h1-4,9,12,16,18-19H,5-8,10-11,13-15,17H2/b24-16-. The minimum Gasteiger partial charge on any atom is -0.341 e. The number of nitrogens with zero attached hydrogens (tertiary/aromatic N) is 3. The van der Waals surface area contributed by atoms with E-state index in [4.69, 9.17) is 0 Å². The van der Waals surface area contributed by atoms with E-state index in [9.17, 15) is 9.59 Å². The number of Topliss-reactive ketones (excluding diaryl/α,β-unsaturated/α-hetero) is 1. The normalized spacial score (nSPS) is 23.1. The molecule has 166 valence electrons. The summed E-state index contributed by atoms with van der Waals surface area (Å²) in [6.07, 6.45) is 12.3. The molecule has 1 aromatic carbocycles. The van der Waals surface area contributed by atoms with Crippen LogP contribution in [0.25, 0.3) is 6.08 Å². The molecule has 5 nitrogen and oxygen atoms in total. The van der Waals surface area contributed by atoms with Gasteiger partial charge in [-0.2, -0.15) is 0 Å². The Balaban J connectivity index is 1.12. The summed E-state index contributed by atoms with van der Waals surface area (Å²) in [5, 5.41) is -0.0879. The lowest BCUT2D eigenvalue weighted by atomic mass is 9.79. The number of thioether (sulfide) groups is 1. The van der Waals surface area contributed by atoms with Crippen molar-refractivity contribution in [2.75, 3.05) is 18.0 Å². The van der Waals surface area contributed by atoms with Gasteiger partial charge in [-0.05, 0) is 85.4 Å². The molecule has 2 aliphatic heterocycles. The van der Waals surface area contributed by atoms with Crippen molar-refractivity contribution < 1.29 is 9.59 Å². The Bertz CT molecular complexity index is 1040. The maximum Gasteiger partial charge on any atom is 0.225 e. The molecule has 3 heterocycles. The van der Waals surface area contributed by atoms with Crippen molar-refractivity contribution in [3.8, 4) is 0 Å². The van der Waals surface area contributed by atoms with E-state index in [2.05, 4.69) is 39.1 Å². The van der Waals surface area contributed by atoms with Gasteiger partial charge >= 0.3 is 0 Å². The van der Waals surface area contributed by atoms with Crippen molar-refractivity contribution in [2.45, 2.75) is 51.4 Å². The van der Waals surface area contributed by atoms with Gasteiger partial charge in [0.15, 0.2) is 5.78 Å². The first kappa shape index (κ1) is 21.4. The number of anilines is 1. The first-order chi connectivity index (χ1) is 15.6. The third-order valence-corrected chi connectivity index (χ3v) is 8.01. The fourth-order valence-electron chi connectivity index (χ4n) is 5.19. The summed E-state index contributed by atoms with van der Waals surface area (Å²) >= 11 is 1.02. The van der Waals surface area contributed by atoms with Crippen molar-refractivity contribution in [2.24, 2.45) is 11.8 Å². The lowest BCUT2D eigenvalue weighted by Gasteiger charge is -2.33. The number of piperidine rings is 1. The van der Waals surface area contributed by atoms with Crippen molar-refractivity contribution in [3.05, 3.63) is 58.3 Å². The van der Waals surface area contributed by atoms with Gasteiger partial charge in [0.1, 0.15) is 0 Å². The molecule has 1 atom stereocenters. The number of hydrogen-bond acceptors (Lipinski definition) is 6. The number of aromatic nitrogens is 2. The lowest BCUT2D eigenvalue weighted by molar-refractivity contribution is -0.119. The van der Waals surface area contributed by atoms with Crippen molar-refractivity contribution in [3.63, 3.8) is 0 Å². The second kappa shape index (κ2) is 9.57. The van der Waals surface area contributed by atoms with Crippen LogP contribution >= 0.6 is 11.8 Å². The summed E-state index contributed by atoms with van der Waals surface area (Å²) in [5.41, 5.74) is 3.81. The number of carbonyl (C=O) groups excluding carboxylic acids is 2. The molecule has 0 radical (unpaired) electrons.